The molecule has 2 rings (SSSR count). The third kappa shape index (κ3) is 2.94. The highest BCUT2D eigenvalue weighted by Gasteiger charge is 2.25. The van der Waals surface area contributed by atoms with Gasteiger partial charge in [-0.2, -0.15) is 0 Å². The van der Waals surface area contributed by atoms with E-state index < -0.39 is 0 Å². The fourth-order valence-electron chi connectivity index (χ4n) is 2.98. The van der Waals surface area contributed by atoms with Gasteiger partial charge in [0.05, 0.1) is 6.10 Å². The Hall–Kier alpha value is -0.630. The van der Waals surface area contributed by atoms with Gasteiger partial charge in [-0.05, 0) is 57.4 Å². The Bertz CT molecular complexity index is 272. The topological polar surface area (TPSA) is 26.3 Å². The first-order valence-electron chi connectivity index (χ1n) is 6.64. The van der Waals surface area contributed by atoms with E-state index in [4.69, 9.17) is 4.74 Å². The summed E-state index contributed by atoms with van der Waals surface area (Å²) in [6.45, 7) is 2.89. The van der Waals surface area contributed by atoms with Crippen LogP contribution in [0.15, 0.2) is 11.6 Å². The summed E-state index contributed by atoms with van der Waals surface area (Å²) in [7, 11) is 0. The van der Waals surface area contributed by atoms with Crippen LogP contribution in [-0.4, -0.2) is 18.5 Å². The summed E-state index contributed by atoms with van der Waals surface area (Å²) in [6, 6.07) is 0. The second-order valence-corrected chi connectivity index (χ2v) is 4.97. The Kier molecular flexibility index (Phi) is 4.16. The lowest BCUT2D eigenvalue weighted by Gasteiger charge is -2.31. The van der Waals surface area contributed by atoms with Crippen molar-refractivity contribution in [3.8, 4) is 0 Å². The molecule has 0 N–H and O–H groups in total. The Morgan fingerprint density at radius 1 is 1.25 bits per heavy atom. The molecule has 1 fully saturated rings. The average Bonchev–Trinajstić information content (AvgIpc) is 2.30. The summed E-state index contributed by atoms with van der Waals surface area (Å²) in [5, 5.41) is 0. The Balaban J connectivity index is 1.86. The van der Waals surface area contributed by atoms with E-state index in [2.05, 4.69) is 6.92 Å². The maximum atomic E-state index is 11.4. The fourth-order valence-corrected chi connectivity index (χ4v) is 2.98. The molecule has 0 heterocycles. The molecule has 0 aromatic rings. The predicted octanol–water partition coefficient (Wildman–Crippen LogP) is 3.26. The van der Waals surface area contributed by atoms with E-state index >= 15 is 0 Å². The first-order valence-corrected chi connectivity index (χ1v) is 6.64. The molecule has 16 heavy (non-hydrogen) atoms. The molecular formula is C14H22O2. The SMILES string of the molecule is CCOC1CCC(C2=CC(=O)CCC2)CC1. The van der Waals surface area contributed by atoms with E-state index in [1.54, 1.807) is 0 Å². The van der Waals surface area contributed by atoms with Gasteiger partial charge in [-0.15, -0.1) is 0 Å². The van der Waals surface area contributed by atoms with Crippen molar-refractivity contribution in [2.75, 3.05) is 6.61 Å². The van der Waals surface area contributed by atoms with Crippen molar-refractivity contribution in [3.05, 3.63) is 11.6 Å². The molecular weight excluding hydrogens is 200 g/mol. The lowest BCUT2D eigenvalue weighted by atomic mass is 9.78. The van der Waals surface area contributed by atoms with Crippen LogP contribution in [0, 0.1) is 5.92 Å². The molecule has 2 aliphatic rings. The zero-order valence-corrected chi connectivity index (χ0v) is 10.2. The number of carbonyl (C=O) groups excluding carboxylic acids is 1. The zero-order chi connectivity index (χ0) is 11.4. The summed E-state index contributed by atoms with van der Waals surface area (Å²) in [5.41, 5.74) is 1.42. The van der Waals surface area contributed by atoms with Crippen molar-refractivity contribution in [3.63, 3.8) is 0 Å². The van der Waals surface area contributed by atoms with Gasteiger partial charge in [0.1, 0.15) is 0 Å². The number of rotatable bonds is 3. The Morgan fingerprint density at radius 3 is 2.62 bits per heavy atom. The van der Waals surface area contributed by atoms with Crippen LogP contribution in [0.5, 0.6) is 0 Å². The molecule has 0 spiro atoms. The maximum Gasteiger partial charge on any atom is 0.155 e. The van der Waals surface area contributed by atoms with E-state index in [0.29, 0.717) is 17.8 Å². The lowest BCUT2D eigenvalue weighted by Crippen LogP contribution is -2.23. The molecule has 0 radical (unpaired) electrons. The van der Waals surface area contributed by atoms with Crippen LogP contribution >= 0.6 is 0 Å². The van der Waals surface area contributed by atoms with Crippen molar-refractivity contribution in [2.24, 2.45) is 5.92 Å². The second kappa shape index (κ2) is 5.62. The number of allylic oxidation sites excluding steroid dienone is 2. The third-order valence-electron chi connectivity index (χ3n) is 3.84. The Morgan fingerprint density at radius 2 is 2.00 bits per heavy atom. The van der Waals surface area contributed by atoms with Crippen LogP contribution in [0.4, 0.5) is 0 Å². The van der Waals surface area contributed by atoms with Crippen molar-refractivity contribution < 1.29 is 9.53 Å². The molecule has 2 aliphatic carbocycles. The smallest absolute Gasteiger partial charge is 0.155 e. The van der Waals surface area contributed by atoms with Crippen LogP contribution in [0.1, 0.15) is 51.9 Å². The average molecular weight is 222 g/mol. The first-order chi connectivity index (χ1) is 7.79. The second-order valence-electron chi connectivity index (χ2n) is 4.97. The van der Waals surface area contributed by atoms with Gasteiger partial charge < -0.3 is 4.74 Å². The molecule has 0 aliphatic heterocycles. The van der Waals surface area contributed by atoms with Gasteiger partial charge in [0.2, 0.25) is 0 Å². The van der Waals surface area contributed by atoms with Gasteiger partial charge in [-0.25, -0.2) is 0 Å². The molecule has 0 saturated heterocycles. The minimum atomic E-state index is 0.341. The van der Waals surface area contributed by atoms with Crippen LogP contribution in [0.2, 0.25) is 0 Å². The van der Waals surface area contributed by atoms with Gasteiger partial charge >= 0.3 is 0 Å². The third-order valence-corrected chi connectivity index (χ3v) is 3.84. The summed E-state index contributed by atoms with van der Waals surface area (Å²) < 4.78 is 5.65. The van der Waals surface area contributed by atoms with Crippen molar-refractivity contribution in [2.45, 2.75) is 58.0 Å². The number of hydrogen-bond acceptors (Lipinski definition) is 2. The van der Waals surface area contributed by atoms with E-state index in [9.17, 15) is 4.79 Å². The fraction of sp³-hybridized carbons (Fsp3) is 0.786. The predicted molar refractivity (Wildman–Crippen MR) is 64.3 cm³/mol. The van der Waals surface area contributed by atoms with Gasteiger partial charge in [-0.1, -0.05) is 5.57 Å². The number of ether oxygens (including phenoxy) is 1. The highest BCUT2D eigenvalue weighted by atomic mass is 16.5. The van der Waals surface area contributed by atoms with E-state index in [1.807, 2.05) is 6.08 Å². The highest BCUT2D eigenvalue weighted by molar-refractivity contribution is 5.91. The van der Waals surface area contributed by atoms with Crippen LogP contribution in [0.25, 0.3) is 0 Å². The molecule has 0 aromatic carbocycles. The summed E-state index contributed by atoms with van der Waals surface area (Å²) in [6.07, 6.45) is 10.1. The normalized spacial score (nSPS) is 31.3. The maximum absolute atomic E-state index is 11.4. The Labute approximate surface area is 98.1 Å². The summed E-state index contributed by atoms with van der Waals surface area (Å²) in [5.74, 6) is 1.01. The number of hydrogen-bond donors (Lipinski definition) is 0. The number of carbonyl (C=O) groups is 1. The molecule has 0 atom stereocenters. The molecule has 90 valence electrons. The van der Waals surface area contributed by atoms with Gasteiger partial charge in [0.15, 0.2) is 5.78 Å². The largest absolute Gasteiger partial charge is 0.379 e. The quantitative estimate of drug-likeness (QED) is 0.732. The summed E-state index contributed by atoms with van der Waals surface area (Å²) in [4.78, 5) is 11.4. The van der Waals surface area contributed by atoms with Crippen LogP contribution in [-0.2, 0) is 9.53 Å². The molecule has 2 nitrogen and oxygen atoms in total. The molecule has 0 aromatic heterocycles. The van der Waals surface area contributed by atoms with Gasteiger partial charge in [0.25, 0.3) is 0 Å². The first kappa shape index (κ1) is 11.8. The van der Waals surface area contributed by atoms with Crippen molar-refractivity contribution >= 4 is 5.78 Å². The van der Waals surface area contributed by atoms with Crippen molar-refractivity contribution in [1.82, 2.24) is 0 Å². The van der Waals surface area contributed by atoms with E-state index in [0.717, 1.165) is 25.9 Å². The highest BCUT2D eigenvalue weighted by Crippen LogP contribution is 2.35. The lowest BCUT2D eigenvalue weighted by molar-refractivity contribution is -0.115. The minimum Gasteiger partial charge on any atom is -0.379 e. The molecule has 2 heteroatoms. The molecule has 0 unspecified atom stereocenters. The minimum absolute atomic E-state index is 0.341. The number of ketones is 1. The monoisotopic (exact) mass is 222 g/mol. The molecule has 1 saturated carbocycles. The molecule has 0 bridgehead atoms. The standard InChI is InChI=1S/C14H22O2/c1-2-16-14-8-6-11(7-9-14)12-4-3-5-13(15)10-12/h10-11,14H,2-9H2,1H3. The van der Waals surface area contributed by atoms with Gasteiger partial charge in [0, 0.05) is 13.0 Å². The zero-order valence-electron chi connectivity index (χ0n) is 10.2. The van der Waals surface area contributed by atoms with Gasteiger partial charge in [-0.3, -0.25) is 4.79 Å². The van der Waals surface area contributed by atoms with Crippen LogP contribution < -0.4 is 0 Å². The molecule has 0 amide bonds. The summed E-state index contributed by atoms with van der Waals surface area (Å²) >= 11 is 0. The van der Waals surface area contributed by atoms with Crippen molar-refractivity contribution in [1.29, 1.82) is 0 Å². The van der Waals surface area contributed by atoms with E-state index in [1.165, 1.54) is 31.3 Å². The van der Waals surface area contributed by atoms with E-state index in [-0.39, 0.29) is 0 Å². The van der Waals surface area contributed by atoms with Crippen LogP contribution in [0.3, 0.4) is 0 Å².